The van der Waals surface area contributed by atoms with E-state index >= 15 is 0 Å². The molecule has 0 saturated heterocycles. The molecule has 1 aliphatic rings. The molecule has 0 heteroatoms. The molecule has 10 aromatic rings. The first-order valence-electron chi connectivity index (χ1n) is 18.9. The fourth-order valence-corrected chi connectivity index (χ4v) is 9.58. The standard InChI is InChI=1S/C54H36/c1-54(40-19-6-3-7-20-40)49-27-15-14-23-43(49)48-33-37-28-29-38(32-39(37)34-50(48)54)51-45-25-12-13-26-46(45)52(47-31-30-36-18-8-9-22-42(36)53(47)51)44-24-11-10-21-41(44)35-16-4-2-5-17-35/h2-34H,1H3. The second-order valence-electron chi connectivity index (χ2n) is 14.9. The molecule has 1 unspecified atom stereocenters. The maximum absolute atomic E-state index is 2.48. The Morgan fingerprint density at radius 1 is 0.315 bits per heavy atom. The van der Waals surface area contributed by atoms with Crippen LogP contribution < -0.4 is 0 Å². The number of benzene rings is 10. The maximum Gasteiger partial charge on any atom is 0.0435 e. The smallest absolute Gasteiger partial charge is 0.0435 e. The molecule has 1 aliphatic carbocycles. The molecule has 54 heavy (non-hydrogen) atoms. The van der Waals surface area contributed by atoms with E-state index in [1.165, 1.54) is 104 Å². The van der Waals surface area contributed by atoms with Crippen molar-refractivity contribution in [1.82, 2.24) is 0 Å². The zero-order valence-electron chi connectivity index (χ0n) is 30.1. The van der Waals surface area contributed by atoms with E-state index in [-0.39, 0.29) is 5.41 Å². The van der Waals surface area contributed by atoms with Crippen molar-refractivity contribution < 1.29 is 0 Å². The predicted molar refractivity (Wildman–Crippen MR) is 230 cm³/mol. The Balaban J connectivity index is 1.22. The second-order valence-corrected chi connectivity index (χ2v) is 14.9. The van der Waals surface area contributed by atoms with Crippen molar-refractivity contribution in [2.45, 2.75) is 12.3 Å². The molecule has 0 bridgehead atoms. The van der Waals surface area contributed by atoms with Crippen molar-refractivity contribution in [3.05, 3.63) is 217 Å². The lowest BCUT2D eigenvalue weighted by atomic mass is 9.74. The summed E-state index contributed by atoms with van der Waals surface area (Å²) in [5, 5.41) is 10.1. The van der Waals surface area contributed by atoms with Crippen LogP contribution in [0.4, 0.5) is 0 Å². The van der Waals surface area contributed by atoms with Gasteiger partial charge in [-0.15, -0.1) is 0 Å². The normalized spacial score (nSPS) is 14.8. The lowest BCUT2D eigenvalue weighted by Crippen LogP contribution is -2.22. The quantitative estimate of drug-likeness (QED) is 0.128. The van der Waals surface area contributed by atoms with Gasteiger partial charge in [0.1, 0.15) is 0 Å². The summed E-state index contributed by atoms with van der Waals surface area (Å²) in [6.45, 7) is 2.40. The van der Waals surface area contributed by atoms with E-state index in [1.807, 2.05) is 0 Å². The number of hydrogen-bond acceptors (Lipinski definition) is 0. The van der Waals surface area contributed by atoms with Crippen molar-refractivity contribution in [3.63, 3.8) is 0 Å². The SMILES string of the molecule is CC1(c2ccccc2)c2ccccc2-c2cc3ccc(-c4c5ccccc5c(-c5ccccc5-c5ccccc5)c5ccc6ccccc6c45)cc3cc21. The number of hydrogen-bond donors (Lipinski definition) is 0. The average Bonchev–Trinajstić information content (AvgIpc) is 3.49. The molecule has 252 valence electrons. The topological polar surface area (TPSA) is 0 Å². The summed E-state index contributed by atoms with van der Waals surface area (Å²) >= 11 is 0. The van der Waals surface area contributed by atoms with Gasteiger partial charge in [-0.2, -0.15) is 0 Å². The second kappa shape index (κ2) is 11.9. The van der Waals surface area contributed by atoms with Crippen LogP contribution in [0, 0.1) is 0 Å². The van der Waals surface area contributed by atoms with E-state index in [0.717, 1.165) is 0 Å². The van der Waals surface area contributed by atoms with E-state index in [2.05, 4.69) is 207 Å². The summed E-state index contributed by atoms with van der Waals surface area (Å²) in [5.74, 6) is 0. The van der Waals surface area contributed by atoms with Crippen molar-refractivity contribution in [2.24, 2.45) is 0 Å². The van der Waals surface area contributed by atoms with Crippen LogP contribution in [0.3, 0.4) is 0 Å². The first kappa shape index (κ1) is 30.8. The van der Waals surface area contributed by atoms with Crippen molar-refractivity contribution in [1.29, 1.82) is 0 Å². The van der Waals surface area contributed by atoms with E-state index < -0.39 is 0 Å². The fourth-order valence-electron chi connectivity index (χ4n) is 9.58. The van der Waals surface area contributed by atoms with Crippen molar-refractivity contribution in [3.8, 4) is 44.5 Å². The Hall–Kier alpha value is -6.76. The Bertz CT molecular complexity index is 3100. The van der Waals surface area contributed by atoms with Crippen LogP contribution in [0.15, 0.2) is 200 Å². The number of fused-ring (bicyclic) bond motifs is 8. The molecule has 0 amide bonds. The summed E-state index contributed by atoms with van der Waals surface area (Å²) in [6, 6.07) is 74.4. The van der Waals surface area contributed by atoms with Gasteiger partial charge in [0.15, 0.2) is 0 Å². The molecule has 0 heterocycles. The van der Waals surface area contributed by atoms with Gasteiger partial charge >= 0.3 is 0 Å². The highest BCUT2D eigenvalue weighted by Gasteiger charge is 2.40. The third kappa shape index (κ3) is 4.44. The Labute approximate surface area is 315 Å². The van der Waals surface area contributed by atoms with Crippen LogP contribution in [-0.2, 0) is 5.41 Å². The summed E-state index contributed by atoms with van der Waals surface area (Å²) in [4.78, 5) is 0. The van der Waals surface area contributed by atoms with Crippen LogP contribution in [0.1, 0.15) is 23.6 Å². The Kier molecular flexibility index (Phi) is 6.78. The molecule has 0 fully saturated rings. The van der Waals surface area contributed by atoms with E-state index in [1.54, 1.807) is 0 Å². The molecule has 0 nitrogen and oxygen atoms in total. The monoisotopic (exact) mass is 684 g/mol. The number of rotatable bonds is 4. The summed E-state index contributed by atoms with van der Waals surface area (Å²) in [6.07, 6.45) is 0. The van der Waals surface area contributed by atoms with E-state index in [0.29, 0.717) is 0 Å². The molecule has 10 aromatic carbocycles. The Morgan fingerprint density at radius 2 is 0.926 bits per heavy atom. The van der Waals surface area contributed by atoms with Crippen LogP contribution in [0.5, 0.6) is 0 Å². The molecule has 11 rings (SSSR count). The van der Waals surface area contributed by atoms with Crippen molar-refractivity contribution >= 4 is 43.1 Å². The Morgan fingerprint density at radius 3 is 1.72 bits per heavy atom. The zero-order chi connectivity index (χ0) is 35.8. The van der Waals surface area contributed by atoms with E-state index in [4.69, 9.17) is 0 Å². The third-order valence-electron chi connectivity index (χ3n) is 12.1. The highest BCUT2D eigenvalue weighted by Crippen LogP contribution is 2.54. The van der Waals surface area contributed by atoms with Gasteiger partial charge in [0.2, 0.25) is 0 Å². The molecule has 0 saturated carbocycles. The van der Waals surface area contributed by atoms with Crippen LogP contribution >= 0.6 is 0 Å². The van der Waals surface area contributed by atoms with E-state index in [9.17, 15) is 0 Å². The van der Waals surface area contributed by atoms with Crippen LogP contribution in [0.2, 0.25) is 0 Å². The van der Waals surface area contributed by atoms with Crippen molar-refractivity contribution in [2.75, 3.05) is 0 Å². The summed E-state index contributed by atoms with van der Waals surface area (Å²) < 4.78 is 0. The van der Waals surface area contributed by atoms with Gasteiger partial charge in [-0.05, 0) is 129 Å². The van der Waals surface area contributed by atoms with Gasteiger partial charge in [-0.3, -0.25) is 0 Å². The maximum atomic E-state index is 2.48. The lowest BCUT2D eigenvalue weighted by molar-refractivity contribution is 0.715. The molecule has 1 atom stereocenters. The highest BCUT2D eigenvalue weighted by atomic mass is 14.4. The minimum Gasteiger partial charge on any atom is -0.0622 e. The third-order valence-corrected chi connectivity index (χ3v) is 12.1. The molecule has 0 N–H and O–H groups in total. The molecule has 0 aromatic heterocycles. The minimum absolute atomic E-state index is 0.249. The van der Waals surface area contributed by atoms with Gasteiger partial charge < -0.3 is 0 Å². The average molecular weight is 685 g/mol. The van der Waals surface area contributed by atoms with Gasteiger partial charge in [0, 0.05) is 5.41 Å². The lowest BCUT2D eigenvalue weighted by Gasteiger charge is -2.28. The zero-order valence-corrected chi connectivity index (χ0v) is 30.1. The highest BCUT2D eigenvalue weighted by molar-refractivity contribution is 6.28. The van der Waals surface area contributed by atoms with Gasteiger partial charge in [0.25, 0.3) is 0 Å². The fraction of sp³-hybridized carbons (Fsp3) is 0.0370. The first-order valence-corrected chi connectivity index (χ1v) is 18.9. The molecule has 0 radical (unpaired) electrons. The molecular formula is C54H36. The van der Waals surface area contributed by atoms with Crippen LogP contribution in [-0.4, -0.2) is 0 Å². The minimum atomic E-state index is -0.249. The van der Waals surface area contributed by atoms with Gasteiger partial charge in [0.05, 0.1) is 0 Å². The first-order chi connectivity index (χ1) is 26.7. The van der Waals surface area contributed by atoms with Crippen LogP contribution in [0.25, 0.3) is 87.6 Å². The predicted octanol–water partition coefficient (Wildman–Crippen LogP) is 14.6. The summed E-state index contributed by atoms with van der Waals surface area (Å²) in [5.41, 5.74) is 14.0. The molecule has 0 aliphatic heterocycles. The van der Waals surface area contributed by atoms with Gasteiger partial charge in [-0.25, -0.2) is 0 Å². The molecular weight excluding hydrogens is 649 g/mol. The summed E-state index contributed by atoms with van der Waals surface area (Å²) in [7, 11) is 0. The van der Waals surface area contributed by atoms with Gasteiger partial charge in [-0.1, -0.05) is 182 Å². The molecule has 0 spiro atoms. The largest absolute Gasteiger partial charge is 0.0622 e.